The van der Waals surface area contributed by atoms with E-state index in [1.165, 1.54) is 0 Å². The van der Waals surface area contributed by atoms with Gasteiger partial charge >= 0.3 is 0 Å². The fraction of sp³-hybridized carbons (Fsp3) is 0. The van der Waals surface area contributed by atoms with Crippen molar-refractivity contribution < 1.29 is 0 Å². The fourth-order valence-corrected chi connectivity index (χ4v) is 1.60. The Bertz CT molecular complexity index is 420. The molecule has 65 valence electrons. The summed E-state index contributed by atoms with van der Waals surface area (Å²) in [6, 6.07) is 9.81. The van der Waals surface area contributed by atoms with E-state index in [1.807, 2.05) is 36.5 Å². The molecule has 0 spiro atoms. The van der Waals surface area contributed by atoms with Gasteiger partial charge in [0.25, 0.3) is 0 Å². The number of nitrogens with zero attached hydrogens (tertiary/aromatic N) is 2. The first kappa shape index (κ1) is 8.51. The number of hydrogen-bond donors (Lipinski definition) is 0. The lowest BCUT2D eigenvalue weighted by Gasteiger charge is -2.02. The maximum atomic E-state index is 4.22. The average Bonchev–Trinajstić information content (AvgIpc) is 2.53. The molecule has 0 aliphatic heterocycles. The van der Waals surface area contributed by atoms with Crippen LogP contribution in [0.25, 0.3) is 5.69 Å². The normalized spacial score (nSPS) is 10.3. The number of halogens is 1. The SMILES string of the molecule is [CH2]c1ccn(-c2ccccc2Br)n1. The second-order valence-corrected chi connectivity index (χ2v) is 3.56. The van der Waals surface area contributed by atoms with Gasteiger partial charge in [0.2, 0.25) is 0 Å². The summed E-state index contributed by atoms with van der Waals surface area (Å²) in [5.41, 5.74) is 1.80. The lowest BCUT2D eigenvalue weighted by Crippen LogP contribution is -1.95. The van der Waals surface area contributed by atoms with E-state index in [9.17, 15) is 0 Å². The van der Waals surface area contributed by atoms with Crippen molar-refractivity contribution in [2.24, 2.45) is 0 Å². The summed E-state index contributed by atoms with van der Waals surface area (Å²) in [6.45, 7) is 3.75. The quantitative estimate of drug-likeness (QED) is 0.744. The molecule has 0 fully saturated rings. The molecule has 0 aliphatic rings. The fourth-order valence-electron chi connectivity index (χ4n) is 1.13. The van der Waals surface area contributed by atoms with Crippen LogP contribution >= 0.6 is 15.9 Å². The van der Waals surface area contributed by atoms with Crippen LogP contribution in [-0.4, -0.2) is 9.78 Å². The van der Waals surface area contributed by atoms with E-state index in [0.29, 0.717) is 0 Å². The predicted octanol–water partition coefficient (Wildman–Crippen LogP) is 2.82. The van der Waals surface area contributed by atoms with Crippen LogP contribution in [0.4, 0.5) is 0 Å². The van der Waals surface area contributed by atoms with Crippen molar-refractivity contribution in [3.05, 3.63) is 53.6 Å². The molecule has 13 heavy (non-hydrogen) atoms. The topological polar surface area (TPSA) is 17.8 Å². The predicted molar refractivity (Wildman–Crippen MR) is 55.7 cm³/mol. The van der Waals surface area contributed by atoms with Crippen LogP contribution in [0, 0.1) is 6.92 Å². The highest BCUT2D eigenvalue weighted by molar-refractivity contribution is 9.10. The maximum Gasteiger partial charge on any atom is 0.0787 e. The van der Waals surface area contributed by atoms with Crippen LogP contribution in [0.2, 0.25) is 0 Å². The second-order valence-electron chi connectivity index (χ2n) is 2.70. The molecule has 0 amide bonds. The van der Waals surface area contributed by atoms with E-state index < -0.39 is 0 Å². The minimum absolute atomic E-state index is 0.774. The number of hydrogen-bond acceptors (Lipinski definition) is 1. The Morgan fingerprint density at radius 1 is 1.23 bits per heavy atom. The van der Waals surface area contributed by atoms with E-state index >= 15 is 0 Å². The number of benzene rings is 1. The minimum Gasteiger partial charge on any atom is -0.240 e. The highest BCUT2D eigenvalue weighted by Gasteiger charge is 2.01. The van der Waals surface area contributed by atoms with Crippen LogP contribution < -0.4 is 0 Å². The van der Waals surface area contributed by atoms with Crippen molar-refractivity contribution in [2.75, 3.05) is 0 Å². The molecule has 1 radical (unpaired) electrons. The third kappa shape index (κ3) is 1.65. The van der Waals surface area contributed by atoms with E-state index in [4.69, 9.17) is 0 Å². The molecular formula is C10H8BrN2. The monoisotopic (exact) mass is 235 g/mol. The summed E-state index contributed by atoms with van der Waals surface area (Å²) in [4.78, 5) is 0. The molecule has 0 atom stereocenters. The van der Waals surface area contributed by atoms with Gasteiger partial charge in [-0.2, -0.15) is 5.10 Å². The van der Waals surface area contributed by atoms with Gasteiger partial charge in [0.05, 0.1) is 11.4 Å². The van der Waals surface area contributed by atoms with Gasteiger partial charge in [-0.15, -0.1) is 0 Å². The highest BCUT2D eigenvalue weighted by atomic mass is 79.9. The lowest BCUT2D eigenvalue weighted by atomic mass is 10.3. The van der Waals surface area contributed by atoms with Crippen LogP contribution in [0.15, 0.2) is 41.0 Å². The second kappa shape index (κ2) is 3.34. The van der Waals surface area contributed by atoms with Gasteiger partial charge in [0.15, 0.2) is 0 Å². The van der Waals surface area contributed by atoms with E-state index in [0.717, 1.165) is 15.9 Å². The Morgan fingerprint density at radius 3 is 2.62 bits per heavy atom. The Balaban J connectivity index is 2.52. The summed E-state index contributed by atoms with van der Waals surface area (Å²) in [6.07, 6.45) is 1.89. The maximum absolute atomic E-state index is 4.22. The van der Waals surface area contributed by atoms with Gasteiger partial charge in [-0.25, -0.2) is 4.68 Å². The highest BCUT2D eigenvalue weighted by Crippen LogP contribution is 2.19. The molecule has 2 aromatic rings. The summed E-state index contributed by atoms with van der Waals surface area (Å²) >= 11 is 3.46. The Kier molecular flexibility index (Phi) is 2.19. The van der Waals surface area contributed by atoms with E-state index in [2.05, 4.69) is 28.0 Å². The molecule has 2 nitrogen and oxygen atoms in total. The molecule has 3 heteroatoms. The van der Waals surface area contributed by atoms with Crippen LogP contribution in [-0.2, 0) is 0 Å². The molecule has 0 saturated carbocycles. The summed E-state index contributed by atoms with van der Waals surface area (Å²) in [5, 5.41) is 4.22. The summed E-state index contributed by atoms with van der Waals surface area (Å²) < 4.78 is 2.82. The van der Waals surface area contributed by atoms with E-state index in [1.54, 1.807) is 4.68 Å². The Morgan fingerprint density at radius 2 is 2.00 bits per heavy atom. The minimum atomic E-state index is 0.774. The standard InChI is InChI=1S/C10H8BrN2/c1-8-6-7-13(12-8)10-5-3-2-4-9(10)11/h2-7H,1H2. The molecule has 1 aromatic carbocycles. The van der Waals surface area contributed by atoms with E-state index in [-0.39, 0.29) is 0 Å². The van der Waals surface area contributed by atoms with Gasteiger partial charge in [-0.3, -0.25) is 0 Å². The number of para-hydroxylation sites is 1. The molecule has 1 aromatic heterocycles. The van der Waals surface area contributed by atoms with Crippen molar-refractivity contribution in [1.29, 1.82) is 0 Å². The van der Waals surface area contributed by atoms with Crippen LogP contribution in [0.3, 0.4) is 0 Å². The summed E-state index contributed by atoms with van der Waals surface area (Å²) in [5.74, 6) is 0. The zero-order chi connectivity index (χ0) is 9.26. The average molecular weight is 236 g/mol. The van der Waals surface area contributed by atoms with Gasteiger partial charge in [0.1, 0.15) is 0 Å². The molecule has 0 N–H and O–H groups in total. The first-order chi connectivity index (χ1) is 6.27. The van der Waals surface area contributed by atoms with Crippen molar-refractivity contribution in [2.45, 2.75) is 0 Å². The molecule has 1 heterocycles. The van der Waals surface area contributed by atoms with Gasteiger partial charge < -0.3 is 0 Å². The number of aromatic nitrogens is 2. The van der Waals surface area contributed by atoms with Gasteiger partial charge in [-0.05, 0) is 41.1 Å². The molecular weight excluding hydrogens is 228 g/mol. The zero-order valence-corrected chi connectivity index (χ0v) is 8.53. The first-order valence-electron chi connectivity index (χ1n) is 3.90. The Labute approximate surface area is 85.3 Å². The molecule has 0 saturated heterocycles. The molecule has 2 rings (SSSR count). The Hall–Kier alpha value is -1.09. The van der Waals surface area contributed by atoms with Crippen molar-refractivity contribution in [3.63, 3.8) is 0 Å². The molecule has 0 bridgehead atoms. The molecule has 0 aliphatic carbocycles. The lowest BCUT2D eigenvalue weighted by molar-refractivity contribution is 0.867. The van der Waals surface area contributed by atoms with Crippen LogP contribution in [0.1, 0.15) is 5.69 Å². The largest absolute Gasteiger partial charge is 0.240 e. The number of rotatable bonds is 1. The van der Waals surface area contributed by atoms with Crippen molar-refractivity contribution >= 4 is 15.9 Å². The smallest absolute Gasteiger partial charge is 0.0787 e. The van der Waals surface area contributed by atoms with Gasteiger partial charge in [-0.1, -0.05) is 12.1 Å². The third-order valence-electron chi connectivity index (χ3n) is 1.74. The first-order valence-corrected chi connectivity index (χ1v) is 4.69. The third-order valence-corrected chi connectivity index (χ3v) is 2.41. The van der Waals surface area contributed by atoms with Crippen molar-refractivity contribution in [1.82, 2.24) is 9.78 Å². The summed E-state index contributed by atoms with van der Waals surface area (Å²) in [7, 11) is 0. The zero-order valence-electron chi connectivity index (χ0n) is 6.94. The van der Waals surface area contributed by atoms with Crippen LogP contribution in [0.5, 0.6) is 0 Å². The molecule has 0 unspecified atom stereocenters. The van der Waals surface area contributed by atoms with Gasteiger partial charge in [0, 0.05) is 10.7 Å². The van der Waals surface area contributed by atoms with Crippen molar-refractivity contribution in [3.8, 4) is 5.69 Å².